The average molecular weight is 376 g/mol. The number of aromatic nitrogens is 3. The van der Waals surface area contributed by atoms with E-state index in [2.05, 4.69) is 53.5 Å². The Morgan fingerprint density at radius 1 is 1.19 bits per heavy atom. The Kier molecular flexibility index (Phi) is 4.73. The molecule has 0 aliphatic heterocycles. The van der Waals surface area contributed by atoms with E-state index in [1.165, 1.54) is 5.56 Å². The van der Waals surface area contributed by atoms with Gasteiger partial charge in [0.05, 0.1) is 18.4 Å². The van der Waals surface area contributed by atoms with Crippen LogP contribution in [-0.4, -0.2) is 20.5 Å². The van der Waals surface area contributed by atoms with E-state index < -0.39 is 0 Å². The molecule has 3 heterocycles. The number of amides is 1. The fourth-order valence-corrected chi connectivity index (χ4v) is 3.63. The minimum Gasteiger partial charge on any atom is -0.347 e. The van der Waals surface area contributed by atoms with E-state index in [0.717, 1.165) is 16.1 Å². The van der Waals surface area contributed by atoms with Crippen molar-refractivity contribution in [3.63, 3.8) is 0 Å². The van der Waals surface area contributed by atoms with Crippen LogP contribution in [0.1, 0.15) is 40.6 Å². The zero-order valence-electron chi connectivity index (χ0n) is 15.2. The lowest BCUT2D eigenvalue weighted by Crippen LogP contribution is -2.22. The van der Waals surface area contributed by atoms with Crippen molar-refractivity contribution in [1.29, 1.82) is 0 Å². The van der Waals surface area contributed by atoms with Crippen LogP contribution in [0, 0.1) is 0 Å². The summed E-state index contributed by atoms with van der Waals surface area (Å²) in [6, 6.07) is 14.3. The maximum atomic E-state index is 12.6. The van der Waals surface area contributed by atoms with Gasteiger partial charge < -0.3 is 5.32 Å². The third kappa shape index (κ3) is 3.48. The number of fused-ring (bicyclic) bond motifs is 1. The number of carbonyl (C=O) groups excluding carboxylic acids is 1. The predicted molar refractivity (Wildman–Crippen MR) is 108 cm³/mol. The van der Waals surface area contributed by atoms with Gasteiger partial charge in [-0.3, -0.25) is 4.79 Å². The van der Waals surface area contributed by atoms with Crippen LogP contribution in [0.25, 0.3) is 16.9 Å². The summed E-state index contributed by atoms with van der Waals surface area (Å²) in [5.41, 5.74) is 4.28. The van der Waals surface area contributed by atoms with Crippen molar-refractivity contribution in [1.82, 2.24) is 19.9 Å². The number of thiophene rings is 1. The molecule has 0 aliphatic carbocycles. The van der Waals surface area contributed by atoms with Gasteiger partial charge in [0.1, 0.15) is 5.56 Å². The molecule has 1 aromatic carbocycles. The number of hydrogen-bond donors (Lipinski definition) is 1. The highest BCUT2D eigenvalue weighted by Crippen LogP contribution is 2.23. The number of nitrogens with zero attached hydrogens (tertiary/aromatic N) is 3. The summed E-state index contributed by atoms with van der Waals surface area (Å²) in [6.45, 7) is 4.85. The van der Waals surface area contributed by atoms with Crippen molar-refractivity contribution in [3.8, 4) is 11.3 Å². The normalized spacial score (nSPS) is 11.2. The molecule has 0 saturated heterocycles. The van der Waals surface area contributed by atoms with Gasteiger partial charge in [0.2, 0.25) is 0 Å². The Balaban J connectivity index is 1.64. The van der Waals surface area contributed by atoms with E-state index in [0.29, 0.717) is 23.7 Å². The van der Waals surface area contributed by atoms with Gasteiger partial charge in [-0.2, -0.15) is 5.10 Å². The largest absolute Gasteiger partial charge is 0.347 e. The highest BCUT2D eigenvalue weighted by molar-refractivity contribution is 7.09. The zero-order valence-corrected chi connectivity index (χ0v) is 16.0. The van der Waals surface area contributed by atoms with Crippen molar-refractivity contribution in [3.05, 3.63) is 76.2 Å². The van der Waals surface area contributed by atoms with E-state index in [1.54, 1.807) is 28.2 Å². The fourth-order valence-electron chi connectivity index (χ4n) is 2.98. The van der Waals surface area contributed by atoms with Crippen molar-refractivity contribution in [2.75, 3.05) is 0 Å². The molecular formula is C21H20N4OS. The van der Waals surface area contributed by atoms with Crippen LogP contribution in [0.3, 0.4) is 0 Å². The molecule has 27 heavy (non-hydrogen) atoms. The first-order valence-corrected chi connectivity index (χ1v) is 9.75. The maximum Gasteiger partial charge on any atom is 0.257 e. The number of benzene rings is 1. The quantitative estimate of drug-likeness (QED) is 0.557. The Labute approximate surface area is 161 Å². The number of hydrogen-bond acceptors (Lipinski definition) is 4. The van der Waals surface area contributed by atoms with Crippen molar-refractivity contribution in [2.24, 2.45) is 0 Å². The average Bonchev–Trinajstić information content (AvgIpc) is 3.35. The van der Waals surface area contributed by atoms with Gasteiger partial charge >= 0.3 is 0 Å². The second-order valence-electron chi connectivity index (χ2n) is 6.66. The monoisotopic (exact) mass is 376 g/mol. The summed E-state index contributed by atoms with van der Waals surface area (Å²) < 4.78 is 1.73. The highest BCUT2D eigenvalue weighted by atomic mass is 32.1. The first-order valence-electron chi connectivity index (χ1n) is 8.87. The number of nitrogens with one attached hydrogen (secondary N) is 1. The molecule has 4 aromatic rings. The first-order chi connectivity index (χ1) is 13.1. The molecule has 1 amide bonds. The van der Waals surface area contributed by atoms with Crippen LogP contribution in [-0.2, 0) is 6.54 Å². The predicted octanol–water partition coefficient (Wildman–Crippen LogP) is 4.51. The molecule has 0 radical (unpaired) electrons. The Bertz CT molecular complexity index is 1070. The van der Waals surface area contributed by atoms with Gasteiger partial charge in [0.25, 0.3) is 5.91 Å². The van der Waals surface area contributed by atoms with E-state index in [9.17, 15) is 4.79 Å². The van der Waals surface area contributed by atoms with E-state index in [-0.39, 0.29) is 5.91 Å². The van der Waals surface area contributed by atoms with Crippen molar-refractivity contribution in [2.45, 2.75) is 26.3 Å². The lowest BCUT2D eigenvalue weighted by atomic mass is 10.0. The molecule has 5 nitrogen and oxygen atoms in total. The van der Waals surface area contributed by atoms with Crippen molar-refractivity contribution >= 4 is 22.9 Å². The summed E-state index contributed by atoms with van der Waals surface area (Å²) in [5.74, 6) is 0.318. The summed E-state index contributed by atoms with van der Waals surface area (Å²) in [7, 11) is 0. The summed E-state index contributed by atoms with van der Waals surface area (Å²) in [6.07, 6.45) is 3.30. The van der Waals surface area contributed by atoms with Crippen LogP contribution in [0.4, 0.5) is 0 Å². The molecule has 136 valence electrons. The third-order valence-electron chi connectivity index (χ3n) is 4.52. The summed E-state index contributed by atoms with van der Waals surface area (Å²) in [5, 5.41) is 9.35. The van der Waals surface area contributed by atoms with E-state index in [1.807, 2.05) is 23.6 Å². The molecule has 0 bridgehead atoms. The smallest absolute Gasteiger partial charge is 0.257 e. The van der Waals surface area contributed by atoms with E-state index in [4.69, 9.17) is 0 Å². The van der Waals surface area contributed by atoms with Crippen LogP contribution in [0.5, 0.6) is 0 Å². The Hall–Kier alpha value is -2.99. The summed E-state index contributed by atoms with van der Waals surface area (Å²) in [4.78, 5) is 18.1. The molecule has 0 fully saturated rings. The third-order valence-corrected chi connectivity index (χ3v) is 5.40. The minimum absolute atomic E-state index is 0.168. The van der Waals surface area contributed by atoms with Gasteiger partial charge in [0, 0.05) is 16.6 Å². The molecular weight excluding hydrogens is 356 g/mol. The molecule has 0 unspecified atom stereocenters. The number of rotatable bonds is 5. The second kappa shape index (κ2) is 7.32. The van der Waals surface area contributed by atoms with Gasteiger partial charge in [-0.15, -0.1) is 11.3 Å². The molecule has 0 spiro atoms. The molecule has 3 aromatic heterocycles. The Morgan fingerprint density at radius 3 is 2.70 bits per heavy atom. The Morgan fingerprint density at radius 2 is 2.00 bits per heavy atom. The summed E-state index contributed by atoms with van der Waals surface area (Å²) >= 11 is 1.62. The number of carbonyl (C=O) groups is 1. The topological polar surface area (TPSA) is 59.3 Å². The second-order valence-corrected chi connectivity index (χ2v) is 7.69. The van der Waals surface area contributed by atoms with Crippen LogP contribution < -0.4 is 5.32 Å². The first kappa shape index (κ1) is 17.4. The highest BCUT2D eigenvalue weighted by Gasteiger charge is 2.16. The van der Waals surface area contributed by atoms with Gasteiger partial charge in [-0.05, 0) is 29.0 Å². The van der Waals surface area contributed by atoms with Gasteiger partial charge in [-0.1, -0.05) is 44.2 Å². The zero-order chi connectivity index (χ0) is 18.8. The van der Waals surface area contributed by atoms with Crippen molar-refractivity contribution < 1.29 is 4.79 Å². The lowest BCUT2D eigenvalue weighted by Gasteiger charge is -2.08. The van der Waals surface area contributed by atoms with Gasteiger partial charge in [0.15, 0.2) is 5.65 Å². The van der Waals surface area contributed by atoms with Gasteiger partial charge in [-0.25, -0.2) is 9.50 Å². The lowest BCUT2D eigenvalue weighted by molar-refractivity contribution is 0.0952. The molecule has 6 heteroatoms. The molecule has 0 aliphatic rings. The van der Waals surface area contributed by atoms with Crippen LogP contribution in [0.2, 0.25) is 0 Å². The molecule has 1 N–H and O–H groups in total. The molecule has 4 rings (SSSR count). The minimum atomic E-state index is -0.168. The maximum absolute atomic E-state index is 12.6. The van der Waals surface area contributed by atoms with Crippen LogP contribution in [0.15, 0.2) is 60.2 Å². The SMILES string of the molecule is CC(C)c1ccc(-c2ccnc3c(C(=O)NCc4cccs4)cnn23)cc1. The van der Waals surface area contributed by atoms with Crippen LogP contribution >= 0.6 is 11.3 Å². The van der Waals surface area contributed by atoms with E-state index >= 15 is 0 Å². The molecule has 0 saturated carbocycles. The molecule has 0 atom stereocenters. The fraction of sp³-hybridized carbons (Fsp3) is 0.190. The standard InChI is InChI=1S/C21H20N4OS/c1-14(2)15-5-7-16(8-6-15)19-9-10-22-20-18(13-24-25(19)20)21(26)23-12-17-4-3-11-27-17/h3-11,13-14H,12H2,1-2H3,(H,23,26).